The van der Waals surface area contributed by atoms with Crippen LogP contribution in [0.4, 0.5) is 0 Å². The Morgan fingerprint density at radius 2 is 0.893 bits per heavy atom. The number of nitrogens with two attached hydrogens (primary N) is 1. The quantitative estimate of drug-likeness (QED) is 0.0921. The predicted octanol–water partition coefficient (Wildman–Crippen LogP) is 8.13. The normalized spacial score (nSPS) is 15.4. The average Bonchev–Trinajstić information content (AvgIpc) is 4.05. The fourth-order valence-corrected chi connectivity index (χ4v) is 6.74. The van der Waals surface area contributed by atoms with Gasteiger partial charge in [0.25, 0.3) is 0 Å². The van der Waals surface area contributed by atoms with Crippen LogP contribution in [-0.2, 0) is 15.3 Å². The minimum atomic E-state index is 0.424. The monoisotopic (exact) mass is 775 g/mol. The molecule has 0 spiro atoms. The molecule has 0 aliphatic carbocycles. The number of aromatic amines is 1. The summed E-state index contributed by atoms with van der Waals surface area (Å²) in [6.45, 7) is 3.88. The fourth-order valence-electron chi connectivity index (χ4n) is 6.43. The molecular weight excluding hydrogens is 743 g/mol. The molecule has 4 aromatic carbocycles. The Bertz CT molecular complexity index is 2650. The van der Waals surface area contributed by atoms with Gasteiger partial charge < -0.3 is 5.73 Å². The van der Waals surface area contributed by atoms with Gasteiger partial charge in [-0.05, 0) is 11.6 Å². The summed E-state index contributed by atoms with van der Waals surface area (Å²) in [4.78, 5) is 59.4. The molecule has 0 atom stereocenters. The third-order valence-electron chi connectivity index (χ3n) is 9.29. The molecule has 2 aliphatic rings. The van der Waals surface area contributed by atoms with Gasteiger partial charge >= 0.3 is 239 Å². The van der Waals surface area contributed by atoms with Crippen molar-refractivity contribution in [3.05, 3.63) is 219 Å². The van der Waals surface area contributed by atoms with Gasteiger partial charge in [-0.15, -0.1) is 0 Å². The molecule has 7 rings (SSSR count). The Morgan fingerprint density at radius 3 is 1.30 bits per heavy atom. The fraction of sp³-hybridized carbons (Fsp3) is 0. The number of nitrogens with one attached hydrogen (secondary N) is 1. The van der Waals surface area contributed by atoms with E-state index < -0.39 is 0 Å². The predicted molar refractivity (Wildman–Crippen MR) is 219 cm³/mol. The Kier molecular flexibility index (Phi) is 10.9. The van der Waals surface area contributed by atoms with Crippen molar-refractivity contribution in [1.29, 1.82) is 0 Å². The van der Waals surface area contributed by atoms with Gasteiger partial charge in [0.2, 0.25) is 0 Å². The maximum absolute atomic E-state index is 11.6. The van der Waals surface area contributed by atoms with Crippen molar-refractivity contribution < 1.29 is 34.5 Å². The van der Waals surface area contributed by atoms with E-state index in [2.05, 4.69) is 11.6 Å². The number of H-pyrrole nitrogens is 1. The molecule has 0 fully saturated rings. The third kappa shape index (κ3) is 7.58. The molecule has 56 heavy (non-hydrogen) atoms. The van der Waals surface area contributed by atoms with Gasteiger partial charge in [0.15, 0.2) is 0 Å². The Hall–Kier alpha value is -7.20. The summed E-state index contributed by atoms with van der Waals surface area (Å²) < 4.78 is 0.640. The van der Waals surface area contributed by atoms with Crippen molar-refractivity contribution in [2.75, 3.05) is 0 Å². The van der Waals surface area contributed by atoms with E-state index in [-0.39, 0.29) is 0 Å². The van der Waals surface area contributed by atoms with Crippen LogP contribution in [0.2, 0.25) is 0 Å². The smallest absolute Gasteiger partial charge is 0.298 e. The van der Waals surface area contributed by atoms with E-state index in [1.807, 2.05) is 85.0 Å². The maximum atomic E-state index is 11.6. The summed E-state index contributed by atoms with van der Waals surface area (Å²) in [5.74, 6) is 0. The third-order valence-corrected chi connectivity index (χ3v) is 9.86. The first-order chi connectivity index (χ1) is 27.3. The van der Waals surface area contributed by atoms with Crippen molar-refractivity contribution in [1.82, 2.24) is 4.98 Å². The standard InChI is InChI=1S/C47H32N4O4.Co/c1-2-39(48)45(35-13-7-32(27-53)8-14-35)40-21-22-43(50-40)47(37-17-11-34(29-55)12-18-37)44-24-23-42(51-44)46(36-15-9-33(28-54)10-16-36)41-20-19-38(49-41)25-30-3-5-31(26-52)6-4-30;/h2-24,26-29,51H,1,48H2;/b45-39-,46-41-,47-43-;. The van der Waals surface area contributed by atoms with Crippen LogP contribution in [0.15, 0.2) is 173 Å². The Labute approximate surface area is 330 Å². The van der Waals surface area contributed by atoms with Gasteiger partial charge in [-0.25, -0.2) is 0 Å². The molecule has 273 valence electrons. The summed E-state index contributed by atoms with van der Waals surface area (Å²) in [6.07, 6.45) is 12.3. The van der Waals surface area contributed by atoms with Crippen molar-refractivity contribution >= 4 is 57.7 Å². The van der Waals surface area contributed by atoms with Crippen LogP contribution in [0.1, 0.15) is 75.1 Å². The summed E-state index contributed by atoms with van der Waals surface area (Å²) in [5.41, 5.74) is 18.6. The van der Waals surface area contributed by atoms with Crippen molar-refractivity contribution in [2.45, 2.75) is 0 Å². The van der Waals surface area contributed by atoms with E-state index in [9.17, 15) is 19.2 Å². The van der Waals surface area contributed by atoms with Crippen LogP contribution in [0, 0.1) is 0 Å². The Morgan fingerprint density at radius 1 is 0.518 bits per heavy atom. The minimum Gasteiger partial charge on any atom is -0.298 e. The minimum absolute atomic E-state index is 0.424. The van der Waals surface area contributed by atoms with Crippen LogP contribution >= 0.6 is 0 Å². The number of nitrogens with zero attached hydrogens (tertiary/aromatic N) is 2. The van der Waals surface area contributed by atoms with E-state index in [0.717, 1.165) is 69.9 Å². The molecule has 3 heterocycles. The molecule has 9 heteroatoms. The van der Waals surface area contributed by atoms with Crippen LogP contribution in [-0.4, -0.2) is 46.0 Å². The van der Waals surface area contributed by atoms with Gasteiger partial charge in [0.05, 0.1) is 0 Å². The molecule has 3 N–H and O–H groups in total. The zero-order chi connectivity index (χ0) is 39.2. The Balaban J connectivity index is 1.36. The molecule has 5 aromatic rings. The van der Waals surface area contributed by atoms with Crippen molar-refractivity contribution in [2.24, 2.45) is 15.7 Å². The second-order valence-corrected chi connectivity index (χ2v) is 13.3. The number of carbonyl (C=O) groups excluding carboxylic acids is 4. The molecule has 0 bridgehead atoms. The molecule has 8 nitrogen and oxygen atoms in total. The first-order valence-electron chi connectivity index (χ1n) is 17.4. The second-order valence-electron chi connectivity index (χ2n) is 12.8. The van der Waals surface area contributed by atoms with Gasteiger partial charge in [0, 0.05) is 22.4 Å². The van der Waals surface area contributed by atoms with Crippen molar-refractivity contribution in [3.8, 4) is 0 Å². The number of benzene rings is 4. The van der Waals surface area contributed by atoms with E-state index >= 15 is 0 Å². The summed E-state index contributed by atoms with van der Waals surface area (Å²) >= 11 is 4.86. The van der Waals surface area contributed by atoms with Gasteiger partial charge in [-0.3, -0.25) is 9.59 Å². The number of aldehydes is 4. The van der Waals surface area contributed by atoms with E-state index in [1.165, 1.54) is 0 Å². The van der Waals surface area contributed by atoms with Crippen molar-refractivity contribution in [3.63, 3.8) is 0 Å². The van der Waals surface area contributed by atoms with Crippen LogP contribution in [0.25, 0.3) is 16.7 Å². The van der Waals surface area contributed by atoms with Crippen LogP contribution in [0.3, 0.4) is 0 Å². The van der Waals surface area contributed by atoms with Crippen LogP contribution in [0.5, 0.6) is 0 Å². The zero-order valence-electron chi connectivity index (χ0n) is 29.7. The molecular formula is C47H32CoN4O4. The number of aliphatic imine (C=N–C) groups is 2. The molecule has 1 aromatic heterocycles. The first kappa shape index (κ1) is 37.1. The molecule has 0 radical (unpaired) electrons. The number of hydrogen-bond donors (Lipinski definition) is 2. The second kappa shape index (κ2) is 16.4. The summed E-state index contributed by atoms with van der Waals surface area (Å²) in [6, 6.07) is 32.7. The number of allylic oxidation sites excluding steroid dienone is 6. The van der Waals surface area contributed by atoms with Gasteiger partial charge in [-0.1, -0.05) is 30.8 Å². The molecule has 0 unspecified atom stereocenters. The van der Waals surface area contributed by atoms with Gasteiger partial charge in [0.1, 0.15) is 12.6 Å². The SMILES string of the molecule is C=C/C(N)=C(C1=N/C(=C(/c2ccc(C=O)cc2)c2ccc(/C(=C3/C=CC([C](=[Co])c4ccc(C=O)cc4)=N3)c3ccc(C=O)cc3)[nH]2)C=C1)\c1ccc(C=O)cc1. The van der Waals surface area contributed by atoms with Gasteiger partial charge in [-0.2, -0.15) is 0 Å². The van der Waals surface area contributed by atoms with Crippen LogP contribution < -0.4 is 5.73 Å². The topological polar surface area (TPSA) is 135 Å². The summed E-state index contributed by atoms with van der Waals surface area (Å²) in [7, 11) is 0. The first-order valence-corrected chi connectivity index (χ1v) is 17.9. The van der Waals surface area contributed by atoms with E-state index in [0.29, 0.717) is 60.8 Å². The molecule has 0 amide bonds. The molecule has 0 saturated heterocycles. The molecule has 2 aliphatic heterocycles. The molecule has 0 saturated carbocycles. The number of rotatable bonds is 13. The van der Waals surface area contributed by atoms with E-state index in [4.69, 9.17) is 31.0 Å². The summed E-state index contributed by atoms with van der Waals surface area (Å²) in [5, 5.41) is 0. The van der Waals surface area contributed by atoms with E-state index in [1.54, 1.807) is 54.6 Å². The zero-order valence-corrected chi connectivity index (χ0v) is 30.8. The average molecular weight is 776 g/mol. The number of aromatic nitrogens is 1. The number of hydrogen-bond acceptors (Lipinski definition) is 7. The number of carbonyl (C=O) groups is 4.